The topological polar surface area (TPSA) is 96.0 Å². The molecule has 7 heteroatoms. The molecule has 0 amide bonds. The number of sulfonamides is 1. The molecule has 1 fully saturated rings. The second kappa shape index (κ2) is 6.10. The van der Waals surface area contributed by atoms with Gasteiger partial charge in [-0.2, -0.15) is 5.26 Å². The van der Waals surface area contributed by atoms with E-state index in [0.29, 0.717) is 12.8 Å². The third-order valence-corrected chi connectivity index (χ3v) is 5.24. The molecular formula is C13H16ClN3O2S. The molecule has 5 nitrogen and oxygen atoms in total. The second-order valence-corrected chi connectivity index (χ2v) is 7.10. The molecule has 1 aliphatic rings. The van der Waals surface area contributed by atoms with E-state index in [4.69, 9.17) is 22.6 Å². The third kappa shape index (κ3) is 3.49. The first-order valence-electron chi connectivity index (χ1n) is 6.40. The van der Waals surface area contributed by atoms with Crippen LogP contribution in [0.3, 0.4) is 0 Å². The van der Waals surface area contributed by atoms with Gasteiger partial charge in [0, 0.05) is 17.1 Å². The Hall–Kier alpha value is -1.13. The molecule has 0 radical (unpaired) electrons. The average Bonchev–Trinajstić information content (AvgIpc) is 2.41. The fourth-order valence-corrected chi connectivity index (χ4v) is 4.05. The predicted octanol–water partition coefficient (Wildman–Crippen LogP) is 1.76. The normalized spacial score (nSPS) is 23.2. The number of nitriles is 1. The van der Waals surface area contributed by atoms with Crippen molar-refractivity contribution in [2.45, 2.75) is 42.7 Å². The molecular weight excluding hydrogens is 298 g/mol. The van der Waals surface area contributed by atoms with Gasteiger partial charge >= 0.3 is 0 Å². The molecule has 108 valence electrons. The summed E-state index contributed by atoms with van der Waals surface area (Å²) in [5, 5.41) is 9.30. The quantitative estimate of drug-likeness (QED) is 0.888. The molecule has 0 aliphatic heterocycles. The first-order chi connectivity index (χ1) is 9.42. The van der Waals surface area contributed by atoms with Crippen LogP contribution in [0.15, 0.2) is 23.1 Å². The molecule has 1 aromatic rings. The van der Waals surface area contributed by atoms with E-state index in [0.717, 1.165) is 12.8 Å². The minimum absolute atomic E-state index is 0.0672. The van der Waals surface area contributed by atoms with Crippen LogP contribution in [0.5, 0.6) is 0 Å². The Kier molecular flexibility index (Phi) is 4.66. The van der Waals surface area contributed by atoms with E-state index in [1.807, 2.05) is 6.07 Å². The zero-order chi connectivity index (χ0) is 14.8. The SMILES string of the molecule is N#Cc1ccc(Cl)cc1S(=O)(=O)NC1CCC(N)CC1. The van der Waals surface area contributed by atoms with Crippen molar-refractivity contribution < 1.29 is 8.42 Å². The van der Waals surface area contributed by atoms with Crippen molar-refractivity contribution in [1.29, 1.82) is 5.26 Å². The molecule has 0 bridgehead atoms. The van der Waals surface area contributed by atoms with Crippen molar-refractivity contribution in [2.24, 2.45) is 5.73 Å². The molecule has 20 heavy (non-hydrogen) atoms. The van der Waals surface area contributed by atoms with Crippen LogP contribution < -0.4 is 10.5 Å². The Balaban J connectivity index is 2.23. The number of benzene rings is 1. The van der Waals surface area contributed by atoms with E-state index in [1.165, 1.54) is 18.2 Å². The average molecular weight is 314 g/mol. The van der Waals surface area contributed by atoms with E-state index in [9.17, 15) is 8.42 Å². The summed E-state index contributed by atoms with van der Waals surface area (Å²) >= 11 is 5.82. The highest BCUT2D eigenvalue weighted by molar-refractivity contribution is 7.89. The molecule has 1 aromatic carbocycles. The van der Waals surface area contributed by atoms with Gasteiger partial charge in [0.2, 0.25) is 10.0 Å². The summed E-state index contributed by atoms with van der Waals surface area (Å²) in [6.45, 7) is 0. The number of nitrogens with zero attached hydrogens (tertiary/aromatic N) is 1. The first kappa shape index (κ1) is 15.3. The summed E-state index contributed by atoms with van der Waals surface area (Å²) in [4.78, 5) is -0.0672. The summed E-state index contributed by atoms with van der Waals surface area (Å²) in [5.41, 5.74) is 5.89. The first-order valence-corrected chi connectivity index (χ1v) is 8.26. The minimum atomic E-state index is -3.74. The van der Waals surface area contributed by atoms with Crippen molar-refractivity contribution in [2.75, 3.05) is 0 Å². The van der Waals surface area contributed by atoms with Crippen LogP contribution in [0.25, 0.3) is 0 Å². The van der Waals surface area contributed by atoms with Crippen LogP contribution in [0.2, 0.25) is 5.02 Å². The van der Waals surface area contributed by atoms with Crippen molar-refractivity contribution in [3.63, 3.8) is 0 Å². The molecule has 0 unspecified atom stereocenters. The number of hydrogen-bond donors (Lipinski definition) is 2. The number of nitrogens with one attached hydrogen (secondary N) is 1. The van der Waals surface area contributed by atoms with Gasteiger partial charge < -0.3 is 5.73 Å². The third-order valence-electron chi connectivity index (χ3n) is 3.45. The number of hydrogen-bond acceptors (Lipinski definition) is 4. The largest absolute Gasteiger partial charge is 0.328 e. The summed E-state index contributed by atoms with van der Waals surface area (Å²) in [5.74, 6) is 0. The van der Waals surface area contributed by atoms with Crippen LogP contribution in [-0.4, -0.2) is 20.5 Å². The number of rotatable bonds is 3. The van der Waals surface area contributed by atoms with E-state index < -0.39 is 10.0 Å². The highest BCUT2D eigenvalue weighted by atomic mass is 35.5. The highest BCUT2D eigenvalue weighted by Crippen LogP contribution is 2.23. The predicted molar refractivity (Wildman–Crippen MR) is 76.7 cm³/mol. The Labute approximate surface area is 123 Å². The van der Waals surface area contributed by atoms with Gasteiger partial charge in [0.15, 0.2) is 0 Å². The van der Waals surface area contributed by atoms with Crippen LogP contribution >= 0.6 is 11.6 Å². The minimum Gasteiger partial charge on any atom is -0.328 e. The standard InChI is InChI=1S/C13H16ClN3O2S/c14-10-2-1-9(8-15)13(7-10)20(18,19)17-12-5-3-11(16)4-6-12/h1-2,7,11-12,17H,3-6,16H2. The molecule has 0 spiro atoms. The Morgan fingerprint density at radius 3 is 2.55 bits per heavy atom. The van der Waals surface area contributed by atoms with E-state index in [1.54, 1.807) is 0 Å². The van der Waals surface area contributed by atoms with Crippen LogP contribution in [0.4, 0.5) is 0 Å². The van der Waals surface area contributed by atoms with Crippen molar-refractivity contribution in [1.82, 2.24) is 4.72 Å². The maximum atomic E-state index is 12.4. The van der Waals surface area contributed by atoms with Gasteiger partial charge in [0.25, 0.3) is 0 Å². The molecule has 0 saturated heterocycles. The smallest absolute Gasteiger partial charge is 0.242 e. The number of nitrogens with two attached hydrogens (primary N) is 1. The van der Waals surface area contributed by atoms with Crippen LogP contribution in [-0.2, 0) is 10.0 Å². The van der Waals surface area contributed by atoms with Gasteiger partial charge in [-0.15, -0.1) is 0 Å². The van der Waals surface area contributed by atoms with Gasteiger partial charge in [-0.05, 0) is 43.9 Å². The summed E-state index contributed by atoms with van der Waals surface area (Å²) in [7, 11) is -3.74. The lowest BCUT2D eigenvalue weighted by atomic mass is 9.93. The zero-order valence-corrected chi connectivity index (χ0v) is 12.4. The maximum Gasteiger partial charge on any atom is 0.242 e. The zero-order valence-electron chi connectivity index (χ0n) is 10.8. The van der Waals surface area contributed by atoms with Gasteiger partial charge in [-0.3, -0.25) is 0 Å². The lowest BCUT2D eigenvalue weighted by molar-refractivity contribution is 0.373. The Morgan fingerprint density at radius 2 is 1.95 bits per heavy atom. The lowest BCUT2D eigenvalue weighted by Gasteiger charge is -2.26. The van der Waals surface area contributed by atoms with Gasteiger partial charge in [0.1, 0.15) is 11.0 Å². The summed E-state index contributed by atoms with van der Waals surface area (Å²) in [6.07, 6.45) is 3.02. The Morgan fingerprint density at radius 1 is 1.30 bits per heavy atom. The second-order valence-electron chi connectivity index (χ2n) is 4.99. The van der Waals surface area contributed by atoms with E-state index >= 15 is 0 Å². The van der Waals surface area contributed by atoms with Crippen LogP contribution in [0, 0.1) is 11.3 Å². The fraction of sp³-hybridized carbons (Fsp3) is 0.462. The Bertz CT molecular complexity index is 632. The van der Waals surface area contributed by atoms with Gasteiger partial charge in [0.05, 0.1) is 5.56 Å². The van der Waals surface area contributed by atoms with Crippen molar-refractivity contribution in [3.05, 3.63) is 28.8 Å². The van der Waals surface area contributed by atoms with Gasteiger partial charge in [-0.1, -0.05) is 11.6 Å². The molecule has 1 saturated carbocycles. The molecule has 2 rings (SSSR count). The monoisotopic (exact) mass is 313 g/mol. The summed E-state index contributed by atoms with van der Waals surface area (Å²) < 4.78 is 27.4. The number of halogens is 1. The van der Waals surface area contributed by atoms with E-state index in [-0.39, 0.29) is 27.6 Å². The van der Waals surface area contributed by atoms with Crippen LogP contribution in [0.1, 0.15) is 31.2 Å². The fourth-order valence-electron chi connectivity index (χ4n) is 2.33. The van der Waals surface area contributed by atoms with Gasteiger partial charge in [-0.25, -0.2) is 13.1 Å². The van der Waals surface area contributed by atoms with E-state index in [2.05, 4.69) is 4.72 Å². The van der Waals surface area contributed by atoms with Crippen molar-refractivity contribution in [3.8, 4) is 6.07 Å². The maximum absolute atomic E-state index is 12.4. The lowest BCUT2D eigenvalue weighted by Crippen LogP contribution is -2.40. The molecule has 3 N–H and O–H groups in total. The molecule has 0 atom stereocenters. The molecule has 1 aliphatic carbocycles. The van der Waals surface area contributed by atoms with Crippen molar-refractivity contribution >= 4 is 21.6 Å². The molecule has 0 heterocycles. The summed E-state index contributed by atoms with van der Waals surface area (Å²) in [6, 6.07) is 6.10. The highest BCUT2D eigenvalue weighted by Gasteiger charge is 2.26. The molecule has 0 aromatic heterocycles.